The quantitative estimate of drug-likeness (QED) is 0.727. The van der Waals surface area contributed by atoms with Crippen LogP contribution in [0.25, 0.3) is 0 Å². The standard InChI is InChI=1S/C13H19NS/c1-8-4-9(2)13-11(5-8)7-15-10(3)6-12(13)14/h4-5,10,12H,6-7,14H2,1-3H3/t10?,12-/m1/s1. The molecule has 15 heavy (non-hydrogen) atoms. The number of hydrogen-bond donors (Lipinski definition) is 1. The molecule has 1 aromatic rings. The van der Waals surface area contributed by atoms with Crippen molar-refractivity contribution in [3.05, 3.63) is 34.4 Å². The van der Waals surface area contributed by atoms with E-state index in [9.17, 15) is 0 Å². The fourth-order valence-corrected chi connectivity index (χ4v) is 3.54. The Morgan fingerprint density at radius 2 is 2.07 bits per heavy atom. The Kier molecular flexibility index (Phi) is 3.08. The molecule has 2 N–H and O–H groups in total. The molecule has 1 unspecified atom stereocenters. The summed E-state index contributed by atoms with van der Waals surface area (Å²) in [7, 11) is 0. The van der Waals surface area contributed by atoms with E-state index in [-0.39, 0.29) is 6.04 Å². The van der Waals surface area contributed by atoms with E-state index in [0.29, 0.717) is 5.25 Å². The van der Waals surface area contributed by atoms with Gasteiger partial charge in [-0.25, -0.2) is 0 Å². The molecule has 0 amide bonds. The number of fused-ring (bicyclic) bond motifs is 1. The second kappa shape index (κ2) is 4.18. The number of aryl methyl sites for hydroxylation is 2. The first-order valence-corrected chi connectivity index (χ1v) is 6.60. The molecular formula is C13H19NS. The van der Waals surface area contributed by atoms with Crippen LogP contribution in [0.1, 0.15) is 41.6 Å². The highest BCUT2D eigenvalue weighted by atomic mass is 32.2. The molecule has 0 radical (unpaired) electrons. The van der Waals surface area contributed by atoms with Gasteiger partial charge in [0.15, 0.2) is 0 Å². The van der Waals surface area contributed by atoms with Gasteiger partial charge in [-0.05, 0) is 37.0 Å². The smallest absolute Gasteiger partial charge is 0.0311 e. The minimum atomic E-state index is 0.227. The first-order valence-electron chi connectivity index (χ1n) is 5.55. The van der Waals surface area contributed by atoms with Crippen LogP contribution in [0.15, 0.2) is 12.1 Å². The highest BCUT2D eigenvalue weighted by Gasteiger charge is 2.21. The summed E-state index contributed by atoms with van der Waals surface area (Å²) in [4.78, 5) is 0. The fourth-order valence-electron chi connectivity index (χ4n) is 2.49. The van der Waals surface area contributed by atoms with Crippen LogP contribution < -0.4 is 5.73 Å². The normalized spacial score (nSPS) is 25.9. The maximum atomic E-state index is 6.27. The van der Waals surface area contributed by atoms with Crippen LogP contribution in [0.3, 0.4) is 0 Å². The van der Waals surface area contributed by atoms with E-state index in [0.717, 1.165) is 12.2 Å². The number of hydrogen-bond acceptors (Lipinski definition) is 2. The molecule has 1 aliphatic rings. The zero-order valence-corrected chi connectivity index (χ0v) is 10.5. The maximum Gasteiger partial charge on any atom is 0.0311 e. The Labute approximate surface area is 96.4 Å². The molecule has 0 bridgehead atoms. The monoisotopic (exact) mass is 221 g/mol. The fraction of sp³-hybridized carbons (Fsp3) is 0.538. The van der Waals surface area contributed by atoms with Crippen LogP contribution >= 0.6 is 11.8 Å². The lowest BCUT2D eigenvalue weighted by Gasteiger charge is -2.17. The van der Waals surface area contributed by atoms with Crippen LogP contribution in [0.5, 0.6) is 0 Å². The Morgan fingerprint density at radius 3 is 2.80 bits per heavy atom. The molecule has 2 heteroatoms. The van der Waals surface area contributed by atoms with Gasteiger partial charge in [-0.1, -0.05) is 24.6 Å². The largest absolute Gasteiger partial charge is 0.324 e. The Hall–Kier alpha value is -0.470. The molecule has 1 nitrogen and oxygen atoms in total. The van der Waals surface area contributed by atoms with Crippen molar-refractivity contribution in [2.24, 2.45) is 5.73 Å². The molecule has 0 fully saturated rings. The van der Waals surface area contributed by atoms with Crippen molar-refractivity contribution in [1.29, 1.82) is 0 Å². The van der Waals surface area contributed by atoms with Gasteiger partial charge in [0.25, 0.3) is 0 Å². The van der Waals surface area contributed by atoms with Gasteiger partial charge in [-0.3, -0.25) is 0 Å². The Balaban J connectivity index is 2.48. The Bertz CT molecular complexity index is 373. The van der Waals surface area contributed by atoms with Gasteiger partial charge in [0.05, 0.1) is 0 Å². The summed E-state index contributed by atoms with van der Waals surface area (Å²) in [6.45, 7) is 6.63. The molecule has 0 saturated heterocycles. The maximum absolute atomic E-state index is 6.27. The third-order valence-electron chi connectivity index (χ3n) is 3.10. The predicted molar refractivity (Wildman–Crippen MR) is 68.2 cm³/mol. The summed E-state index contributed by atoms with van der Waals surface area (Å²) < 4.78 is 0. The minimum Gasteiger partial charge on any atom is -0.324 e. The van der Waals surface area contributed by atoms with E-state index in [4.69, 9.17) is 5.73 Å². The van der Waals surface area contributed by atoms with E-state index in [2.05, 4.69) is 32.9 Å². The summed E-state index contributed by atoms with van der Waals surface area (Å²) in [5.41, 5.74) is 11.9. The molecule has 0 aliphatic carbocycles. The first kappa shape index (κ1) is 11.0. The van der Waals surface area contributed by atoms with E-state index >= 15 is 0 Å². The van der Waals surface area contributed by atoms with E-state index in [1.165, 1.54) is 22.3 Å². The summed E-state index contributed by atoms with van der Waals surface area (Å²) >= 11 is 2.02. The van der Waals surface area contributed by atoms with Gasteiger partial charge < -0.3 is 5.73 Å². The topological polar surface area (TPSA) is 26.0 Å². The van der Waals surface area contributed by atoms with Crippen molar-refractivity contribution < 1.29 is 0 Å². The molecule has 0 aromatic heterocycles. The van der Waals surface area contributed by atoms with Gasteiger partial charge in [0.1, 0.15) is 0 Å². The molecule has 2 rings (SSSR count). The SMILES string of the molecule is Cc1cc(C)c2c(c1)CSC(C)C[C@H]2N. The molecule has 1 heterocycles. The highest BCUT2D eigenvalue weighted by molar-refractivity contribution is 7.99. The molecular weight excluding hydrogens is 202 g/mol. The van der Waals surface area contributed by atoms with Crippen molar-refractivity contribution in [2.75, 3.05) is 0 Å². The van der Waals surface area contributed by atoms with Crippen LogP contribution in [0, 0.1) is 13.8 Å². The highest BCUT2D eigenvalue weighted by Crippen LogP contribution is 2.35. The summed E-state index contributed by atoms with van der Waals surface area (Å²) in [5.74, 6) is 1.12. The second-order valence-electron chi connectivity index (χ2n) is 4.62. The molecule has 0 spiro atoms. The van der Waals surface area contributed by atoms with E-state index < -0.39 is 0 Å². The number of benzene rings is 1. The van der Waals surface area contributed by atoms with Crippen molar-refractivity contribution in [3.8, 4) is 0 Å². The van der Waals surface area contributed by atoms with Crippen molar-refractivity contribution in [2.45, 2.75) is 44.2 Å². The van der Waals surface area contributed by atoms with Crippen molar-refractivity contribution in [1.82, 2.24) is 0 Å². The van der Waals surface area contributed by atoms with Gasteiger partial charge in [0.2, 0.25) is 0 Å². The van der Waals surface area contributed by atoms with Gasteiger partial charge >= 0.3 is 0 Å². The number of thioether (sulfide) groups is 1. The average molecular weight is 221 g/mol. The van der Waals surface area contributed by atoms with Gasteiger partial charge in [0, 0.05) is 17.0 Å². The molecule has 82 valence electrons. The van der Waals surface area contributed by atoms with Crippen LogP contribution in [0.2, 0.25) is 0 Å². The lowest BCUT2D eigenvalue weighted by atomic mass is 9.92. The Morgan fingerprint density at radius 1 is 1.33 bits per heavy atom. The summed E-state index contributed by atoms with van der Waals surface area (Å²) in [5, 5.41) is 0.673. The minimum absolute atomic E-state index is 0.227. The van der Waals surface area contributed by atoms with Crippen LogP contribution in [0.4, 0.5) is 0 Å². The second-order valence-corrected chi connectivity index (χ2v) is 6.05. The van der Waals surface area contributed by atoms with E-state index in [1.54, 1.807) is 0 Å². The van der Waals surface area contributed by atoms with E-state index in [1.807, 2.05) is 11.8 Å². The summed E-state index contributed by atoms with van der Waals surface area (Å²) in [6, 6.07) is 4.78. The van der Waals surface area contributed by atoms with Crippen LogP contribution in [-0.4, -0.2) is 5.25 Å². The van der Waals surface area contributed by atoms with Gasteiger partial charge in [-0.2, -0.15) is 11.8 Å². The summed E-state index contributed by atoms with van der Waals surface area (Å²) in [6.07, 6.45) is 1.10. The first-order chi connectivity index (χ1) is 7.08. The zero-order valence-electron chi connectivity index (χ0n) is 9.71. The molecule has 1 aromatic carbocycles. The zero-order chi connectivity index (χ0) is 11.0. The lowest BCUT2D eigenvalue weighted by molar-refractivity contribution is 0.647. The third-order valence-corrected chi connectivity index (χ3v) is 4.34. The molecule has 1 aliphatic heterocycles. The number of nitrogens with two attached hydrogens (primary N) is 1. The third kappa shape index (κ3) is 2.21. The number of rotatable bonds is 0. The lowest BCUT2D eigenvalue weighted by Crippen LogP contribution is -2.15. The van der Waals surface area contributed by atoms with Crippen molar-refractivity contribution in [3.63, 3.8) is 0 Å². The van der Waals surface area contributed by atoms with Crippen molar-refractivity contribution >= 4 is 11.8 Å². The average Bonchev–Trinajstić information content (AvgIpc) is 2.25. The molecule has 2 atom stereocenters. The van der Waals surface area contributed by atoms with Gasteiger partial charge in [-0.15, -0.1) is 0 Å². The predicted octanol–water partition coefficient (Wildman–Crippen LogP) is 3.33. The van der Waals surface area contributed by atoms with Crippen LogP contribution in [-0.2, 0) is 5.75 Å². The molecule has 0 saturated carbocycles.